The third-order valence-corrected chi connectivity index (χ3v) is 5.01. The Morgan fingerprint density at radius 1 is 0.769 bits per heavy atom. The number of benzene rings is 3. The largest absolute Gasteiger partial charge is 0.481 e. The Kier molecular flexibility index (Phi) is 3.51. The summed E-state index contributed by atoms with van der Waals surface area (Å²) < 4.78 is 0. The number of hydrogen-bond donors (Lipinski definition) is 1. The summed E-state index contributed by atoms with van der Waals surface area (Å²) in [5, 5.41) is 10.5. The standard InChI is InChI=1S/C22H16O4/c1-11-5-16-17(6-12(11)2)22(26)19-10-15-7-13(8-20(23)24)3-4-14(15)9-18(19)21(16)25/h3-7,9-10H,8H2,1-2H3,(H,23,24). The second-order valence-corrected chi connectivity index (χ2v) is 6.79. The summed E-state index contributed by atoms with van der Waals surface area (Å²) in [5.41, 5.74) is 4.28. The van der Waals surface area contributed by atoms with Crippen LogP contribution in [-0.4, -0.2) is 22.6 Å². The van der Waals surface area contributed by atoms with E-state index in [1.54, 1.807) is 42.5 Å². The van der Waals surface area contributed by atoms with Gasteiger partial charge in [0.05, 0.1) is 6.42 Å². The maximum Gasteiger partial charge on any atom is 0.307 e. The van der Waals surface area contributed by atoms with Crippen molar-refractivity contribution in [2.75, 3.05) is 0 Å². The Balaban J connectivity index is 1.92. The van der Waals surface area contributed by atoms with Crippen LogP contribution in [0.2, 0.25) is 0 Å². The highest BCUT2D eigenvalue weighted by molar-refractivity contribution is 6.29. The zero-order chi connectivity index (χ0) is 18.6. The summed E-state index contributed by atoms with van der Waals surface area (Å²) in [7, 11) is 0. The van der Waals surface area contributed by atoms with E-state index < -0.39 is 5.97 Å². The van der Waals surface area contributed by atoms with E-state index in [4.69, 9.17) is 5.11 Å². The van der Waals surface area contributed by atoms with E-state index in [0.29, 0.717) is 27.8 Å². The van der Waals surface area contributed by atoms with Crippen molar-refractivity contribution >= 4 is 28.3 Å². The predicted octanol–water partition coefficient (Wildman–Crippen LogP) is 3.86. The molecular weight excluding hydrogens is 328 g/mol. The van der Waals surface area contributed by atoms with E-state index in [0.717, 1.165) is 21.9 Å². The number of carbonyl (C=O) groups is 3. The van der Waals surface area contributed by atoms with E-state index in [1.165, 1.54) is 0 Å². The van der Waals surface area contributed by atoms with Gasteiger partial charge in [0.2, 0.25) is 0 Å². The first-order valence-corrected chi connectivity index (χ1v) is 8.34. The topological polar surface area (TPSA) is 71.4 Å². The molecule has 128 valence electrons. The number of aliphatic carboxylic acids is 1. The third-order valence-electron chi connectivity index (χ3n) is 5.01. The van der Waals surface area contributed by atoms with Crippen LogP contribution in [0, 0.1) is 13.8 Å². The Hall–Kier alpha value is -3.27. The molecule has 0 aliphatic heterocycles. The molecule has 1 aliphatic carbocycles. The molecule has 4 nitrogen and oxygen atoms in total. The quantitative estimate of drug-likeness (QED) is 0.599. The molecular formula is C22H16O4. The van der Waals surface area contributed by atoms with Gasteiger partial charge in [0.1, 0.15) is 0 Å². The third kappa shape index (κ3) is 2.42. The Morgan fingerprint density at radius 3 is 1.81 bits per heavy atom. The number of hydrogen-bond acceptors (Lipinski definition) is 3. The normalized spacial score (nSPS) is 12.8. The highest BCUT2D eigenvalue weighted by Crippen LogP contribution is 2.32. The molecule has 1 N–H and O–H groups in total. The van der Waals surface area contributed by atoms with E-state index >= 15 is 0 Å². The summed E-state index contributed by atoms with van der Waals surface area (Å²) in [6.07, 6.45) is -0.0821. The summed E-state index contributed by atoms with van der Waals surface area (Å²) in [6, 6.07) is 12.3. The predicted molar refractivity (Wildman–Crippen MR) is 98.1 cm³/mol. The van der Waals surface area contributed by atoms with E-state index in [9.17, 15) is 14.4 Å². The fraction of sp³-hybridized carbons (Fsp3) is 0.136. The van der Waals surface area contributed by atoms with Crippen molar-refractivity contribution in [3.8, 4) is 0 Å². The van der Waals surface area contributed by atoms with Crippen LogP contribution >= 0.6 is 0 Å². The van der Waals surface area contributed by atoms with Gasteiger partial charge in [0.15, 0.2) is 11.6 Å². The van der Waals surface area contributed by atoms with Gasteiger partial charge in [-0.3, -0.25) is 14.4 Å². The highest BCUT2D eigenvalue weighted by atomic mass is 16.4. The summed E-state index contributed by atoms with van der Waals surface area (Å²) in [4.78, 5) is 36.9. The minimum absolute atomic E-state index is 0.0821. The van der Waals surface area contributed by atoms with Crippen molar-refractivity contribution in [1.29, 1.82) is 0 Å². The summed E-state index contributed by atoms with van der Waals surface area (Å²) >= 11 is 0. The van der Waals surface area contributed by atoms with Crippen molar-refractivity contribution in [3.05, 3.63) is 81.4 Å². The molecule has 0 aromatic heterocycles. The van der Waals surface area contributed by atoms with E-state index in [-0.39, 0.29) is 18.0 Å². The van der Waals surface area contributed by atoms with Gasteiger partial charge in [0.25, 0.3) is 0 Å². The Labute approximate surface area is 150 Å². The summed E-state index contributed by atoms with van der Waals surface area (Å²) in [5.74, 6) is -1.22. The fourth-order valence-corrected chi connectivity index (χ4v) is 3.49. The minimum Gasteiger partial charge on any atom is -0.481 e. The number of ketones is 2. The number of fused-ring (bicyclic) bond motifs is 3. The maximum absolute atomic E-state index is 13.0. The molecule has 26 heavy (non-hydrogen) atoms. The van der Waals surface area contributed by atoms with Crippen molar-refractivity contribution in [2.24, 2.45) is 0 Å². The fourth-order valence-electron chi connectivity index (χ4n) is 3.49. The zero-order valence-electron chi connectivity index (χ0n) is 14.4. The lowest BCUT2D eigenvalue weighted by Crippen LogP contribution is -2.21. The van der Waals surface area contributed by atoms with Crippen molar-refractivity contribution < 1.29 is 19.5 Å². The molecule has 3 aromatic rings. The first-order chi connectivity index (χ1) is 12.3. The lowest BCUT2D eigenvalue weighted by atomic mass is 9.81. The molecule has 0 bridgehead atoms. The van der Waals surface area contributed by atoms with Gasteiger partial charge in [-0.2, -0.15) is 0 Å². The molecule has 3 aromatic carbocycles. The minimum atomic E-state index is -0.909. The van der Waals surface area contributed by atoms with Crippen molar-refractivity contribution in [1.82, 2.24) is 0 Å². The number of carboxylic acids is 1. The van der Waals surface area contributed by atoms with Crippen LogP contribution in [0.5, 0.6) is 0 Å². The van der Waals surface area contributed by atoms with Gasteiger partial charge in [-0.1, -0.05) is 18.2 Å². The average molecular weight is 344 g/mol. The van der Waals surface area contributed by atoms with Crippen LogP contribution in [0.4, 0.5) is 0 Å². The number of carboxylic acid groups (broad SMARTS) is 1. The smallest absolute Gasteiger partial charge is 0.307 e. The van der Waals surface area contributed by atoms with Gasteiger partial charge in [0, 0.05) is 22.3 Å². The second kappa shape index (κ2) is 5.63. The Bertz CT molecular complexity index is 1140. The van der Waals surface area contributed by atoms with Crippen LogP contribution in [-0.2, 0) is 11.2 Å². The van der Waals surface area contributed by atoms with Gasteiger partial charge in [-0.15, -0.1) is 0 Å². The monoisotopic (exact) mass is 344 g/mol. The first kappa shape index (κ1) is 16.2. The van der Waals surface area contributed by atoms with Gasteiger partial charge < -0.3 is 5.11 Å². The summed E-state index contributed by atoms with van der Waals surface area (Å²) in [6.45, 7) is 3.84. The van der Waals surface area contributed by atoms with Crippen molar-refractivity contribution in [2.45, 2.75) is 20.3 Å². The van der Waals surface area contributed by atoms with Gasteiger partial charge >= 0.3 is 5.97 Å². The van der Waals surface area contributed by atoms with Crippen LogP contribution in [0.3, 0.4) is 0 Å². The average Bonchev–Trinajstić information content (AvgIpc) is 2.59. The van der Waals surface area contributed by atoms with Crippen LogP contribution in [0.25, 0.3) is 10.8 Å². The molecule has 0 spiro atoms. The number of rotatable bonds is 2. The molecule has 0 atom stereocenters. The van der Waals surface area contributed by atoms with Crippen LogP contribution in [0.15, 0.2) is 42.5 Å². The SMILES string of the molecule is Cc1cc2c(cc1C)C(=O)c1cc3cc(CC(=O)O)ccc3cc1C2=O. The molecule has 0 heterocycles. The lowest BCUT2D eigenvalue weighted by molar-refractivity contribution is -0.136. The molecule has 0 fully saturated rings. The number of aryl methyl sites for hydroxylation is 2. The highest BCUT2D eigenvalue weighted by Gasteiger charge is 2.30. The Morgan fingerprint density at radius 2 is 1.27 bits per heavy atom. The molecule has 0 unspecified atom stereocenters. The maximum atomic E-state index is 13.0. The van der Waals surface area contributed by atoms with E-state index in [2.05, 4.69) is 0 Å². The molecule has 4 rings (SSSR count). The zero-order valence-corrected chi connectivity index (χ0v) is 14.4. The van der Waals surface area contributed by atoms with Gasteiger partial charge in [-0.05, 0) is 65.6 Å². The van der Waals surface area contributed by atoms with Crippen molar-refractivity contribution in [3.63, 3.8) is 0 Å². The second-order valence-electron chi connectivity index (χ2n) is 6.79. The van der Waals surface area contributed by atoms with Crippen LogP contribution in [0.1, 0.15) is 48.5 Å². The molecule has 0 saturated heterocycles. The number of carbonyl (C=O) groups excluding carboxylic acids is 2. The van der Waals surface area contributed by atoms with E-state index in [1.807, 2.05) is 13.8 Å². The van der Waals surface area contributed by atoms with Gasteiger partial charge in [-0.25, -0.2) is 0 Å². The van der Waals surface area contributed by atoms with Crippen LogP contribution < -0.4 is 0 Å². The molecule has 4 heteroatoms. The molecule has 1 aliphatic rings. The first-order valence-electron chi connectivity index (χ1n) is 8.34. The molecule has 0 amide bonds. The molecule has 0 radical (unpaired) electrons. The molecule has 0 saturated carbocycles. The lowest BCUT2D eigenvalue weighted by Gasteiger charge is -2.20.